The standard InChI is InChI=1S/C31H43N3O/c1-23(2)28-8-3-4-9-29(28)30-22-33(21-24-6-5-7-27(18-24)35-26-10-11-26)16-17-34(30)25-19-31(20-25)12-14-32-15-13-31/h3-9,18,23,25-26,30,32H,10-17,19-22H2,1-2H3. The average molecular weight is 474 g/mol. The number of hydrogen-bond acceptors (Lipinski definition) is 4. The van der Waals surface area contributed by atoms with Gasteiger partial charge in [0.1, 0.15) is 5.75 Å². The summed E-state index contributed by atoms with van der Waals surface area (Å²) in [4.78, 5) is 5.59. The fraction of sp³-hybridized carbons (Fsp3) is 0.613. The molecule has 2 saturated heterocycles. The molecule has 35 heavy (non-hydrogen) atoms. The van der Waals surface area contributed by atoms with Crippen molar-refractivity contribution < 1.29 is 4.74 Å². The van der Waals surface area contributed by atoms with Gasteiger partial charge in [-0.25, -0.2) is 0 Å². The van der Waals surface area contributed by atoms with Gasteiger partial charge in [-0.05, 0) is 91.8 Å². The molecule has 0 radical (unpaired) electrons. The highest BCUT2D eigenvalue weighted by Crippen LogP contribution is 2.52. The van der Waals surface area contributed by atoms with Gasteiger partial charge >= 0.3 is 0 Å². The summed E-state index contributed by atoms with van der Waals surface area (Å²) in [5.74, 6) is 1.60. The van der Waals surface area contributed by atoms with Crippen LogP contribution in [-0.4, -0.2) is 54.7 Å². The van der Waals surface area contributed by atoms with Crippen molar-refractivity contribution in [3.05, 3.63) is 65.2 Å². The van der Waals surface area contributed by atoms with Crippen molar-refractivity contribution in [3.8, 4) is 5.75 Å². The second-order valence-corrected chi connectivity index (χ2v) is 12.0. The number of hydrogen-bond donors (Lipinski definition) is 1. The fourth-order valence-corrected chi connectivity index (χ4v) is 6.94. The minimum atomic E-state index is 0.455. The zero-order valence-electron chi connectivity index (χ0n) is 21.7. The van der Waals surface area contributed by atoms with Crippen LogP contribution in [-0.2, 0) is 6.54 Å². The van der Waals surface area contributed by atoms with E-state index < -0.39 is 0 Å². The van der Waals surface area contributed by atoms with Gasteiger partial charge in [0.05, 0.1) is 6.10 Å². The van der Waals surface area contributed by atoms with Crippen molar-refractivity contribution in [2.75, 3.05) is 32.7 Å². The molecule has 0 bridgehead atoms. The first-order chi connectivity index (χ1) is 17.1. The van der Waals surface area contributed by atoms with Crippen LogP contribution < -0.4 is 10.1 Å². The van der Waals surface area contributed by atoms with Gasteiger partial charge in [-0.2, -0.15) is 0 Å². The van der Waals surface area contributed by atoms with Crippen LogP contribution in [0.5, 0.6) is 5.75 Å². The summed E-state index contributed by atoms with van der Waals surface area (Å²) in [6.45, 7) is 11.6. The molecule has 2 aliphatic heterocycles. The van der Waals surface area contributed by atoms with Crippen LogP contribution in [0.15, 0.2) is 48.5 Å². The Morgan fingerprint density at radius 2 is 1.80 bits per heavy atom. The Morgan fingerprint density at radius 1 is 1.00 bits per heavy atom. The van der Waals surface area contributed by atoms with E-state index in [0.717, 1.165) is 31.4 Å². The molecule has 0 amide bonds. The lowest BCUT2D eigenvalue weighted by atomic mass is 9.60. The Hall–Kier alpha value is -1.88. The first-order valence-corrected chi connectivity index (χ1v) is 14.1. The number of benzene rings is 2. The molecule has 1 atom stereocenters. The molecule has 4 aliphatic rings. The number of nitrogens with one attached hydrogen (secondary N) is 1. The number of nitrogens with zero attached hydrogens (tertiary/aromatic N) is 2. The van der Waals surface area contributed by atoms with Gasteiger partial charge in [0, 0.05) is 38.3 Å². The van der Waals surface area contributed by atoms with E-state index in [2.05, 4.69) is 77.5 Å². The van der Waals surface area contributed by atoms with Crippen molar-refractivity contribution in [2.45, 2.75) is 83.0 Å². The maximum atomic E-state index is 6.08. The zero-order chi connectivity index (χ0) is 23.8. The number of ether oxygens (including phenoxy) is 1. The first kappa shape index (κ1) is 23.5. The van der Waals surface area contributed by atoms with Crippen LogP contribution in [0.3, 0.4) is 0 Å². The molecule has 1 N–H and O–H groups in total. The third-order valence-corrected chi connectivity index (χ3v) is 9.09. The molecular weight excluding hydrogens is 430 g/mol. The quantitative estimate of drug-likeness (QED) is 0.555. The van der Waals surface area contributed by atoms with Crippen molar-refractivity contribution in [1.82, 2.24) is 15.1 Å². The number of piperidine rings is 1. The van der Waals surface area contributed by atoms with Crippen molar-refractivity contribution in [3.63, 3.8) is 0 Å². The van der Waals surface area contributed by atoms with Crippen LogP contribution in [0, 0.1) is 5.41 Å². The van der Waals surface area contributed by atoms with Crippen LogP contribution >= 0.6 is 0 Å². The van der Waals surface area contributed by atoms with E-state index >= 15 is 0 Å². The average Bonchev–Trinajstić information content (AvgIpc) is 3.67. The molecule has 2 aliphatic carbocycles. The van der Waals surface area contributed by atoms with Gasteiger partial charge in [-0.15, -0.1) is 0 Å². The molecule has 4 fully saturated rings. The maximum absolute atomic E-state index is 6.08. The molecule has 4 nitrogen and oxygen atoms in total. The Morgan fingerprint density at radius 3 is 2.57 bits per heavy atom. The molecule has 6 rings (SSSR count). The van der Waals surface area contributed by atoms with E-state index in [1.807, 2.05) is 0 Å². The summed E-state index contributed by atoms with van der Waals surface area (Å²) < 4.78 is 6.08. The largest absolute Gasteiger partial charge is 0.490 e. The van der Waals surface area contributed by atoms with Crippen molar-refractivity contribution in [1.29, 1.82) is 0 Å². The predicted octanol–water partition coefficient (Wildman–Crippen LogP) is 5.74. The summed E-state index contributed by atoms with van der Waals surface area (Å²) in [7, 11) is 0. The monoisotopic (exact) mass is 473 g/mol. The van der Waals surface area contributed by atoms with E-state index in [-0.39, 0.29) is 0 Å². The highest BCUT2D eigenvalue weighted by atomic mass is 16.5. The first-order valence-electron chi connectivity index (χ1n) is 14.1. The summed E-state index contributed by atoms with van der Waals surface area (Å²) in [6.07, 6.45) is 8.41. The second kappa shape index (κ2) is 9.88. The van der Waals surface area contributed by atoms with E-state index in [0.29, 0.717) is 23.5 Å². The number of piperazine rings is 1. The van der Waals surface area contributed by atoms with Gasteiger partial charge in [0.2, 0.25) is 0 Å². The van der Waals surface area contributed by atoms with Gasteiger partial charge in [0.15, 0.2) is 0 Å². The molecule has 0 aromatic heterocycles. The molecule has 2 aromatic rings. The zero-order valence-corrected chi connectivity index (χ0v) is 21.7. The Labute approximate surface area is 212 Å². The summed E-state index contributed by atoms with van der Waals surface area (Å²) >= 11 is 0. The van der Waals surface area contributed by atoms with Gasteiger partial charge < -0.3 is 10.1 Å². The van der Waals surface area contributed by atoms with Crippen molar-refractivity contribution >= 4 is 0 Å². The minimum absolute atomic E-state index is 0.455. The Kier molecular flexibility index (Phi) is 6.64. The highest BCUT2D eigenvalue weighted by Gasteiger charge is 2.49. The molecule has 2 saturated carbocycles. The molecule has 188 valence electrons. The third-order valence-electron chi connectivity index (χ3n) is 9.09. The third kappa shape index (κ3) is 5.16. The molecule has 2 heterocycles. The minimum Gasteiger partial charge on any atom is -0.490 e. The molecule has 1 unspecified atom stereocenters. The van der Waals surface area contributed by atoms with E-state index in [9.17, 15) is 0 Å². The lowest BCUT2D eigenvalue weighted by molar-refractivity contribution is -0.0650. The number of rotatable bonds is 7. The Bertz CT molecular complexity index is 1000. The molecule has 1 spiro atoms. The SMILES string of the molecule is CC(C)c1ccccc1C1CN(Cc2cccc(OC3CC3)c2)CCN1C1CC2(CCNCC2)C1. The van der Waals surface area contributed by atoms with Crippen LogP contribution in [0.4, 0.5) is 0 Å². The second-order valence-electron chi connectivity index (χ2n) is 12.0. The van der Waals surface area contributed by atoms with E-state index in [1.165, 1.54) is 69.3 Å². The topological polar surface area (TPSA) is 27.7 Å². The van der Waals surface area contributed by atoms with Gasteiger partial charge in [0.25, 0.3) is 0 Å². The van der Waals surface area contributed by atoms with E-state index in [1.54, 1.807) is 5.56 Å². The smallest absolute Gasteiger partial charge is 0.120 e. The Balaban J connectivity index is 1.20. The summed E-state index contributed by atoms with van der Waals surface area (Å²) in [6, 6.07) is 19.3. The van der Waals surface area contributed by atoms with Crippen LogP contribution in [0.25, 0.3) is 0 Å². The highest BCUT2D eigenvalue weighted by molar-refractivity contribution is 5.34. The lowest BCUT2D eigenvalue weighted by Gasteiger charge is -2.57. The normalized spacial score (nSPS) is 25.6. The maximum Gasteiger partial charge on any atom is 0.120 e. The lowest BCUT2D eigenvalue weighted by Crippen LogP contribution is -2.59. The van der Waals surface area contributed by atoms with Gasteiger partial charge in [-0.1, -0.05) is 50.2 Å². The molecule has 2 aromatic carbocycles. The summed E-state index contributed by atoms with van der Waals surface area (Å²) in [5, 5.41) is 3.57. The summed E-state index contributed by atoms with van der Waals surface area (Å²) in [5.41, 5.74) is 5.09. The van der Waals surface area contributed by atoms with Crippen molar-refractivity contribution in [2.24, 2.45) is 5.41 Å². The van der Waals surface area contributed by atoms with Gasteiger partial charge in [-0.3, -0.25) is 9.80 Å². The van der Waals surface area contributed by atoms with Crippen LogP contribution in [0.2, 0.25) is 0 Å². The van der Waals surface area contributed by atoms with E-state index in [4.69, 9.17) is 4.74 Å². The fourth-order valence-electron chi connectivity index (χ4n) is 6.94. The molecular formula is C31H43N3O. The predicted molar refractivity (Wildman–Crippen MR) is 143 cm³/mol. The van der Waals surface area contributed by atoms with Crippen LogP contribution in [0.1, 0.15) is 81.0 Å². The molecule has 4 heteroatoms.